The van der Waals surface area contributed by atoms with Crippen LogP contribution in [0.1, 0.15) is 18.9 Å². The minimum Gasteiger partial charge on any atom is -0.493 e. The fraction of sp³-hybridized carbons (Fsp3) is 0.417. The van der Waals surface area contributed by atoms with Gasteiger partial charge in [0.05, 0.1) is 12.6 Å². The molecule has 0 saturated heterocycles. The third kappa shape index (κ3) is 3.39. The quantitative estimate of drug-likeness (QED) is 0.606. The van der Waals surface area contributed by atoms with Gasteiger partial charge in [0.15, 0.2) is 0 Å². The smallest absolute Gasteiger partial charge is 0.209 e. The van der Waals surface area contributed by atoms with Crippen LogP contribution in [-0.2, 0) is 0 Å². The highest BCUT2D eigenvalue weighted by Gasteiger charge is 2.27. The van der Waals surface area contributed by atoms with Crippen molar-refractivity contribution < 1.29 is 4.74 Å². The molecule has 0 unspecified atom stereocenters. The molecule has 19 heavy (non-hydrogen) atoms. The number of halogens is 1. The van der Waals surface area contributed by atoms with E-state index in [1.54, 1.807) is 11.8 Å². The van der Waals surface area contributed by atoms with Crippen LogP contribution < -0.4 is 4.74 Å². The molecule has 7 heteroatoms. The first-order chi connectivity index (χ1) is 9.33. The molecule has 0 aliphatic heterocycles. The van der Waals surface area contributed by atoms with E-state index in [4.69, 9.17) is 16.3 Å². The van der Waals surface area contributed by atoms with Crippen LogP contribution in [0.15, 0.2) is 29.4 Å². The zero-order chi connectivity index (χ0) is 13.1. The fourth-order valence-electron chi connectivity index (χ4n) is 1.65. The maximum atomic E-state index is 5.81. The highest BCUT2D eigenvalue weighted by atomic mass is 35.5. The van der Waals surface area contributed by atoms with E-state index in [1.807, 2.05) is 28.9 Å². The summed E-state index contributed by atoms with van der Waals surface area (Å²) in [5.74, 6) is 1.64. The van der Waals surface area contributed by atoms with E-state index in [-0.39, 0.29) is 0 Å². The molecule has 1 aromatic carbocycles. The van der Waals surface area contributed by atoms with E-state index < -0.39 is 0 Å². The minimum atomic E-state index is 0.509. The van der Waals surface area contributed by atoms with Gasteiger partial charge < -0.3 is 4.74 Å². The van der Waals surface area contributed by atoms with Crippen LogP contribution in [0.5, 0.6) is 5.75 Å². The van der Waals surface area contributed by atoms with Crippen molar-refractivity contribution in [3.05, 3.63) is 29.3 Å². The molecule has 0 spiro atoms. The van der Waals surface area contributed by atoms with Crippen molar-refractivity contribution in [3.63, 3.8) is 0 Å². The van der Waals surface area contributed by atoms with Gasteiger partial charge in [-0.25, -0.2) is 4.68 Å². The van der Waals surface area contributed by atoms with E-state index in [9.17, 15) is 0 Å². The van der Waals surface area contributed by atoms with E-state index in [2.05, 4.69) is 15.5 Å². The monoisotopic (exact) mass is 296 g/mol. The molecule has 100 valence electrons. The number of tetrazole rings is 1. The molecular formula is C12H13ClN4OS. The third-order valence-corrected chi connectivity index (χ3v) is 3.90. The Kier molecular flexibility index (Phi) is 3.89. The Morgan fingerprint density at radius 2 is 2.11 bits per heavy atom. The molecule has 0 amide bonds. The molecule has 1 fully saturated rings. The van der Waals surface area contributed by atoms with E-state index in [1.165, 1.54) is 12.8 Å². The minimum absolute atomic E-state index is 0.509. The van der Waals surface area contributed by atoms with Gasteiger partial charge in [0.2, 0.25) is 5.16 Å². The Morgan fingerprint density at radius 3 is 2.84 bits per heavy atom. The van der Waals surface area contributed by atoms with Crippen molar-refractivity contribution in [2.75, 3.05) is 12.4 Å². The normalized spacial score (nSPS) is 14.6. The molecule has 1 aromatic heterocycles. The second kappa shape index (κ2) is 5.79. The maximum absolute atomic E-state index is 5.81. The predicted octanol–water partition coefficient (Wildman–Crippen LogP) is 2.83. The molecule has 0 bridgehead atoms. The van der Waals surface area contributed by atoms with Crippen molar-refractivity contribution in [3.8, 4) is 5.75 Å². The van der Waals surface area contributed by atoms with Gasteiger partial charge in [-0.1, -0.05) is 23.4 Å². The zero-order valence-corrected chi connectivity index (χ0v) is 11.8. The lowest BCUT2D eigenvalue weighted by Crippen LogP contribution is -2.03. The molecule has 3 rings (SSSR count). The van der Waals surface area contributed by atoms with E-state index in [0.717, 1.165) is 16.7 Å². The lowest BCUT2D eigenvalue weighted by Gasteiger charge is -2.05. The molecule has 0 N–H and O–H groups in total. The van der Waals surface area contributed by atoms with Crippen LogP contribution in [0, 0.1) is 0 Å². The lowest BCUT2D eigenvalue weighted by molar-refractivity contribution is 0.344. The highest BCUT2D eigenvalue weighted by Crippen LogP contribution is 2.36. The van der Waals surface area contributed by atoms with Crippen LogP contribution in [-0.4, -0.2) is 32.6 Å². The van der Waals surface area contributed by atoms with Crippen LogP contribution in [0.4, 0.5) is 0 Å². The average Bonchev–Trinajstić information content (AvgIpc) is 3.16. The molecule has 0 radical (unpaired) electrons. The SMILES string of the molecule is Clc1ccc(OCCSc2nnnn2C2CC2)cc1. The van der Waals surface area contributed by atoms with Crippen molar-refractivity contribution in [1.29, 1.82) is 0 Å². The summed E-state index contributed by atoms with van der Waals surface area (Å²) in [6, 6.07) is 7.87. The van der Waals surface area contributed by atoms with Gasteiger partial charge in [0, 0.05) is 10.8 Å². The highest BCUT2D eigenvalue weighted by molar-refractivity contribution is 7.99. The van der Waals surface area contributed by atoms with Crippen molar-refractivity contribution in [2.24, 2.45) is 0 Å². The number of aromatic nitrogens is 4. The number of rotatable bonds is 6. The number of hydrogen-bond donors (Lipinski definition) is 0. The van der Waals surface area contributed by atoms with Crippen molar-refractivity contribution in [1.82, 2.24) is 20.2 Å². The first-order valence-electron chi connectivity index (χ1n) is 6.12. The zero-order valence-electron chi connectivity index (χ0n) is 10.2. The second-order valence-electron chi connectivity index (χ2n) is 4.29. The fourth-order valence-corrected chi connectivity index (χ4v) is 2.54. The summed E-state index contributed by atoms with van der Waals surface area (Å²) < 4.78 is 7.53. The summed E-state index contributed by atoms with van der Waals surface area (Å²) in [6.45, 7) is 0.615. The van der Waals surface area contributed by atoms with Gasteiger partial charge in [-0.15, -0.1) is 5.10 Å². The average molecular weight is 297 g/mol. The van der Waals surface area contributed by atoms with E-state index >= 15 is 0 Å². The molecular weight excluding hydrogens is 284 g/mol. The number of benzene rings is 1. The largest absolute Gasteiger partial charge is 0.493 e. The lowest BCUT2D eigenvalue weighted by atomic mass is 10.3. The van der Waals surface area contributed by atoms with Crippen LogP contribution in [0.25, 0.3) is 0 Å². The van der Waals surface area contributed by atoms with Gasteiger partial charge in [0.1, 0.15) is 5.75 Å². The number of nitrogens with zero attached hydrogens (tertiary/aromatic N) is 4. The Balaban J connectivity index is 1.45. The first kappa shape index (κ1) is 12.7. The number of hydrogen-bond acceptors (Lipinski definition) is 5. The van der Waals surface area contributed by atoms with Gasteiger partial charge in [0.25, 0.3) is 0 Å². The summed E-state index contributed by atoms with van der Waals surface area (Å²) in [5.41, 5.74) is 0. The molecule has 1 aliphatic rings. The van der Waals surface area contributed by atoms with Crippen molar-refractivity contribution >= 4 is 23.4 Å². The summed E-state index contributed by atoms with van der Waals surface area (Å²) in [5, 5.41) is 13.3. The predicted molar refractivity (Wildman–Crippen MR) is 73.8 cm³/mol. The molecule has 1 saturated carbocycles. The third-order valence-electron chi connectivity index (χ3n) is 2.75. The molecule has 1 aliphatic carbocycles. The van der Waals surface area contributed by atoms with Gasteiger partial charge >= 0.3 is 0 Å². The van der Waals surface area contributed by atoms with Crippen molar-refractivity contribution in [2.45, 2.75) is 24.0 Å². The second-order valence-corrected chi connectivity index (χ2v) is 5.79. The molecule has 2 aromatic rings. The Labute approximate surface area is 120 Å². The number of thioether (sulfide) groups is 1. The van der Waals surface area contributed by atoms with Gasteiger partial charge in [-0.2, -0.15) is 0 Å². The Morgan fingerprint density at radius 1 is 1.32 bits per heavy atom. The van der Waals surface area contributed by atoms with Crippen LogP contribution in [0.2, 0.25) is 5.02 Å². The van der Waals surface area contributed by atoms with Crippen LogP contribution in [0.3, 0.4) is 0 Å². The van der Waals surface area contributed by atoms with Crippen LogP contribution >= 0.6 is 23.4 Å². The standard InChI is InChI=1S/C12H13ClN4OS/c13-9-1-5-11(6-2-9)18-7-8-19-12-14-15-16-17(12)10-3-4-10/h1-2,5-6,10H,3-4,7-8H2. The maximum Gasteiger partial charge on any atom is 0.209 e. The summed E-state index contributed by atoms with van der Waals surface area (Å²) in [6.07, 6.45) is 2.36. The first-order valence-corrected chi connectivity index (χ1v) is 7.48. The van der Waals surface area contributed by atoms with E-state index in [0.29, 0.717) is 17.7 Å². The molecule has 0 atom stereocenters. The Hall–Kier alpha value is -1.27. The van der Waals surface area contributed by atoms with Gasteiger partial charge in [-0.05, 0) is 47.5 Å². The van der Waals surface area contributed by atoms with Gasteiger partial charge in [-0.3, -0.25) is 0 Å². The molecule has 5 nitrogen and oxygen atoms in total. The topological polar surface area (TPSA) is 52.8 Å². The molecule has 1 heterocycles. The summed E-state index contributed by atoms with van der Waals surface area (Å²) in [4.78, 5) is 0. The number of ether oxygens (including phenoxy) is 1. The summed E-state index contributed by atoms with van der Waals surface area (Å²) in [7, 11) is 0. The Bertz CT molecular complexity index is 541. The summed E-state index contributed by atoms with van der Waals surface area (Å²) >= 11 is 7.43.